The summed E-state index contributed by atoms with van der Waals surface area (Å²) >= 11 is 0. The normalized spacial score (nSPS) is 16.3. The van der Waals surface area contributed by atoms with Crippen molar-refractivity contribution in [3.63, 3.8) is 0 Å². The zero-order chi connectivity index (χ0) is 20.2. The van der Waals surface area contributed by atoms with Gasteiger partial charge in [-0.1, -0.05) is 36.4 Å². The largest absolute Gasteiger partial charge is 0.361 e. The van der Waals surface area contributed by atoms with Crippen LogP contribution in [0.3, 0.4) is 0 Å². The number of aromatic amines is 1. The van der Waals surface area contributed by atoms with Crippen LogP contribution in [0.5, 0.6) is 0 Å². The van der Waals surface area contributed by atoms with E-state index >= 15 is 0 Å². The summed E-state index contributed by atoms with van der Waals surface area (Å²) in [5.74, 6) is -0.460. The van der Waals surface area contributed by atoms with Gasteiger partial charge in [0.15, 0.2) is 0 Å². The molecule has 0 spiro atoms. The highest BCUT2D eigenvalue weighted by Crippen LogP contribution is 2.20. The average Bonchev–Trinajstić information content (AvgIpc) is 3.26. The van der Waals surface area contributed by atoms with Gasteiger partial charge in [0, 0.05) is 35.8 Å². The van der Waals surface area contributed by atoms with Crippen LogP contribution in [0.2, 0.25) is 0 Å². The molecule has 4 amide bonds. The van der Waals surface area contributed by atoms with E-state index in [0.717, 1.165) is 16.5 Å². The lowest BCUT2D eigenvalue weighted by atomic mass is 10.1. The Labute approximate surface area is 168 Å². The number of anilines is 1. The van der Waals surface area contributed by atoms with E-state index in [4.69, 9.17) is 0 Å². The minimum absolute atomic E-state index is 0.155. The molecule has 29 heavy (non-hydrogen) atoms. The maximum absolute atomic E-state index is 12.6. The second-order valence-corrected chi connectivity index (χ2v) is 7.05. The van der Waals surface area contributed by atoms with Crippen molar-refractivity contribution in [1.82, 2.24) is 15.2 Å². The van der Waals surface area contributed by atoms with E-state index < -0.39 is 12.1 Å². The summed E-state index contributed by atoms with van der Waals surface area (Å²) in [4.78, 5) is 41.4. The maximum atomic E-state index is 12.6. The summed E-state index contributed by atoms with van der Waals surface area (Å²) < 4.78 is 0. The van der Waals surface area contributed by atoms with Crippen molar-refractivity contribution in [2.24, 2.45) is 0 Å². The quantitative estimate of drug-likeness (QED) is 0.541. The standard InChI is InChI=1S/C22H22N4O3/c27-20(24-16-6-2-1-3-7-16)11-10-19-21(28)26(22(29)25-19)13-12-15-14-23-18-9-5-4-8-17(15)18/h1-9,14,19,23H,10-13H2,(H,24,27)(H,25,29)/t19-/m1/s1. The third kappa shape index (κ3) is 4.13. The van der Waals surface area contributed by atoms with Crippen molar-refractivity contribution in [3.05, 3.63) is 66.4 Å². The number of rotatable bonds is 7. The molecule has 1 fully saturated rings. The van der Waals surface area contributed by atoms with Crippen LogP contribution in [0.15, 0.2) is 60.8 Å². The molecule has 3 aromatic rings. The molecule has 1 aromatic heterocycles. The van der Waals surface area contributed by atoms with Gasteiger partial charge in [0.25, 0.3) is 5.91 Å². The van der Waals surface area contributed by atoms with Crippen LogP contribution < -0.4 is 10.6 Å². The van der Waals surface area contributed by atoms with Crippen molar-refractivity contribution in [3.8, 4) is 0 Å². The molecule has 1 aliphatic heterocycles. The number of fused-ring (bicyclic) bond motifs is 1. The minimum Gasteiger partial charge on any atom is -0.361 e. The summed E-state index contributed by atoms with van der Waals surface area (Å²) in [7, 11) is 0. The molecule has 1 saturated heterocycles. The molecule has 0 bridgehead atoms. The Morgan fingerprint density at radius 3 is 2.62 bits per heavy atom. The molecular weight excluding hydrogens is 368 g/mol. The van der Waals surface area contributed by atoms with Crippen LogP contribution in [0, 0.1) is 0 Å². The Morgan fingerprint density at radius 1 is 1.03 bits per heavy atom. The molecule has 3 N–H and O–H groups in total. The van der Waals surface area contributed by atoms with E-state index in [1.807, 2.05) is 48.7 Å². The van der Waals surface area contributed by atoms with E-state index in [1.165, 1.54) is 4.90 Å². The van der Waals surface area contributed by atoms with E-state index in [-0.39, 0.29) is 24.7 Å². The lowest BCUT2D eigenvalue weighted by molar-refractivity contribution is -0.127. The first-order valence-corrected chi connectivity index (χ1v) is 9.63. The van der Waals surface area contributed by atoms with Gasteiger partial charge < -0.3 is 15.6 Å². The number of para-hydroxylation sites is 2. The van der Waals surface area contributed by atoms with Crippen LogP contribution >= 0.6 is 0 Å². The Bertz CT molecular complexity index is 1040. The molecule has 1 aliphatic rings. The van der Waals surface area contributed by atoms with E-state index in [9.17, 15) is 14.4 Å². The highest BCUT2D eigenvalue weighted by molar-refractivity contribution is 6.04. The third-order valence-electron chi connectivity index (χ3n) is 5.10. The monoisotopic (exact) mass is 390 g/mol. The Hall–Kier alpha value is -3.61. The topological polar surface area (TPSA) is 94.3 Å². The number of carbonyl (C=O) groups excluding carboxylic acids is 3. The molecule has 7 nitrogen and oxygen atoms in total. The summed E-state index contributed by atoms with van der Waals surface area (Å²) in [5.41, 5.74) is 2.80. The second-order valence-electron chi connectivity index (χ2n) is 7.05. The first-order valence-electron chi connectivity index (χ1n) is 9.63. The zero-order valence-electron chi connectivity index (χ0n) is 15.9. The van der Waals surface area contributed by atoms with Gasteiger partial charge in [-0.25, -0.2) is 4.79 Å². The van der Waals surface area contributed by atoms with Gasteiger partial charge in [0.05, 0.1) is 0 Å². The molecule has 0 aliphatic carbocycles. The van der Waals surface area contributed by atoms with Gasteiger partial charge in [0.1, 0.15) is 6.04 Å². The second kappa shape index (κ2) is 8.18. The first-order chi connectivity index (χ1) is 14.1. The molecular formula is C22H22N4O3. The van der Waals surface area contributed by atoms with Crippen LogP contribution in [0.4, 0.5) is 10.5 Å². The Kier molecular flexibility index (Phi) is 5.29. The number of imide groups is 1. The van der Waals surface area contributed by atoms with Gasteiger partial charge in [-0.2, -0.15) is 0 Å². The minimum atomic E-state index is -0.660. The molecule has 1 atom stereocenters. The highest BCUT2D eigenvalue weighted by atomic mass is 16.2. The van der Waals surface area contributed by atoms with Crippen molar-refractivity contribution in [2.75, 3.05) is 11.9 Å². The van der Waals surface area contributed by atoms with E-state index in [0.29, 0.717) is 18.7 Å². The Balaban J connectivity index is 1.31. The van der Waals surface area contributed by atoms with Crippen LogP contribution in [0.1, 0.15) is 18.4 Å². The predicted octanol–water partition coefficient (Wildman–Crippen LogP) is 3.05. The van der Waals surface area contributed by atoms with Crippen molar-refractivity contribution in [2.45, 2.75) is 25.3 Å². The molecule has 4 rings (SSSR count). The molecule has 0 saturated carbocycles. The molecule has 2 heterocycles. The lowest BCUT2D eigenvalue weighted by Gasteiger charge is -2.12. The van der Waals surface area contributed by atoms with Gasteiger partial charge in [0.2, 0.25) is 5.91 Å². The third-order valence-corrected chi connectivity index (χ3v) is 5.10. The SMILES string of the molecule is O=C(CC[C@H]1NC(=O)N(CCc2c[nH]c3ccccc23)C1=O)Nc1ccccc1. The number of aromatic nitrogens is 1. The van der Waals surface area contributed by atoms with Gasteiger partial charge in [-0.05, 0) is 36.6 Å². The van der Waals surface area contributed by atoms with Crippen molar-refractivity contribution < 1.29 is 14.4 Å². The molecule has 0 unspecified atom stereocenters. The van der Waals surface area contributed by atoms with Gasteiger partial charge >= 0.3 is 6.03 Å². The van der Waals surface area contributed by atoms with Crippen LogP contribution in [-0.2, 0) is 16.0 Å². The van der Waals surface area contributed by atoms with Crippen molar-refractivity contribution in [1.29, 1.82) is 0 Å². The molecule has 148 valence electrons. The van der Waals surface area contributed by atoms with Gasteiger partial charge in [-0.15, -0.1) is 0 Å². The van der Waals surface area contributed by atoms with Crippen molar-refractivity contribution >= 4 is 34.4 Å². The van der Waals surface area contributed by atoms with E-state index in [2.05, 4.69) is 15.6 Å². The fourth-order valence-corrected chi connectivity index (χ4v) is 3.58. The fraction of sp³-hybridized carbons (Fsp3) is 0.227. The average molecular weight is 390 g/mol. The number of hydrogen-bond acceptors (Lipinski definition) is 3. The molecule has 2 aromatic carbocycles. The smallest absolute Gasteiger partial charge is 0.324 e. The summed E-state index contributed by atoms with van der Waals surface area (Å²) in [6, 6.07) is 16.0. The van der Waals surface area contributed by atoms with E-state index in [1.54, 1.807) is 12.1 Å². The van der Waals surface area contributed by atoms with Crippen LogP contribution in [-0.4, -0.2) is 40.3 Å². The predicted molar refractivity (Wildman–Crippen MR) is 110 cm³/mol. The Morgan fingerprint density at radius 2 is 1.79 bits per heavy atom. The number of nitrogens with zero attached hydrogens (tertiary/aromatic N) is 1. The highest BCUT2D eigenvalue weighted by Gasteiger charge is 2.37. The van der Waals surface area contributed by atoms with Gasteiger partial charge in [-0.3, -0.25) is 14.5 Å². The number of benzene rings is 2. The number of carbonyl (C=O) groups is 3. The number of nitrogens with one attached hydrogen (secondary N) is 3. The number of H-pyrrole nitrogens is 1. The van der Waals surface area contributed by atoms with Crippen LogP contribution in [0.25, 0.3) is 10.9 Å². The zero-order valence-corrected chi connectivity index (χ0v) is 15.9. The molecule has 0 radical (unpaired) electrons. The fourth-order valence-electron chi connectivity index (χ4n) is 3.58. The molecule has 7 heteroatoms. The summed E-state index contributed by atoms with van der Waals surface area (Å²) in [6.07, 6.45) is 2.91. The lowest BCUT2D eigenvalue weighted by Crippen LogP contribution is -2.33. The summed E-state index contributed by atoms with van der Waals surface area (Å²) in [5, 5.41) is 6.57. The number of urea groups is 1. The maximum Gasteiger partial charge on any atom is 0.324 e. The number of hydrogen-bond donors (Lipinski definition) is 3. The first kappa shape index (κ1) is 18.7. The number of amides is 4. The summed E-state index contributed by atoms with van der Waals surface area (Å²) in [6.45, 7) is 0.305.